The van der Waals surface area contributed by atoms with Gasteiger partial charge in [0.05, 0.1) is 16.6 Å². The van der Waals surface area contributed by atoms with Gasteiger partial charge in [0, 0.05) is 26.2 Å². The molecule has 0 radical (unpaired) electrons. The minimum atomic E-state index is -4.44. The number of hydrogen-bond acceptors (Lipinski definition) is 2. The first-order valence-electron chi connectivity index (χ1n) is 6.38. The van der Waals surface area contributed by atoms with Gasteiger partial charge in [0.25, 0.3) is 0 Å². The van der Waals surface area contributed by atoms with E-state index in [4.69, 9.17) is 11.6 Å². The summed E-state index contributed by atoms with van der Waals surface area (Å²) in [6.45, 7) is 6.86. The van der Waals surface area contributed by atoms with Crippen LogP contribution in [0.15, 0.2) is 30.9 Å². The van der Waals surface area contributed by atoms with Gasteiger partial charge in [-0.1, -0.05) is 29.8 Å². The number of benzene rings is 1. The number of alkyl halides is 3. The minimum absolute atomic E-state index is 0. The molecule has 0 saturated carbocycles. The summed E-state index contributed by atoms with van der Waals surface area (Å²) in [5.74, 6) is 0. The molecule has 2 rings (SSSR count). The van der Waals surface area contributed by atoms with E-state index in [1.807, 2.05) is 0 Å². The fourth-order valence-electron chi connectivity index (χ4n) is 2.43. The molecule has 1 heterocycles. The largest absolute Gasteiger partial charge is 0.417 e. The van der Waals surface area contributed by atoms with Crippen LogP contribution in [0.5, 0.6) is 0 Å². The summed E-state index contributed by atoms with van der Waals surface area (Å²) in [6.07, 6.45) is -2.80. The van der Waals surface area contributed by atoms with Gasteiger partial charge < -0.3 is 5.32 Å². The Hall–Kier alpha value is -0.750. The lowest BCUT2D eigenvalue weighted by atomic mass is 10.0. The van der Waals surface area contributed by atoms with Crippen molar-refractivity contribution in [1.29, 1.82) is 0 Å². The number of piperazine rings is 1. The predicted molar refractivity (Wildman–Crippen MR) is 81.1 cm³/mol. The molecule has 2 nitrogen and oxygen atoms in total. The third-order valence-electron chi connectivity index (χ3n) is 3.42. The lowest BCUT2D eigenvalue weighted by Gasteiger charge is -2.34. The summed E-state index contributed by atoms with van der Waals surface area (Å²) >= 11 is 5.98. The zero-order chi connectivity index (χ0) is 14.8. The predicted octanol–water partition coefficient (Wildman–Crippen LogP) is 3.91. The third kappa shape index (κ3) is 4.13. The quantitative estimate of drug-likeness (QED) is 0.839. The number of nitrogens with one attached hydrogen (secondary N) is 1. The summed E-state index contributed by atoms with van der Waals surface area (Å²) in [7, 11) is 0. The molecule has 1 atom stereocenters. The van der Waals surface area contributed by atoms with Crippen LogP contribution in [-0.2, 0) is 6.18 Å². The van der Waals surface area contributed by atoms with Gasteiger partial charge in [-0.3, -0.25) is 4.90 Å². The number of halogens is 5. The Morgan fingerprint density at radius 3 is 2.43 bits per heavy atom. The van der Waals surface area contributed by atoms with Crippen molar-refractivity contribution in [2.45, 2.75) is 12.2 Å². The molecule has 1 saturated heterocycles. The van der Waals surface area contributed by atoms with Crippen molar-refractivity contribution < 1.29 is 13.2 Å². The van der Waals surface area contributed by atoms with Crippen molar-refractivity contribution in [1.82, 2.24) is 10.2 Å². The van der Waals surface area contributed by atoms with Crippen LogP contribution < -0.4 is 5.32 Å². The molecule has 0 spiro atoms. The highest BCUT2D eigenvalue weighted by atomic mass is 35.5. The first-order valence-corrected chi connectivity index (χ1v) is 6.76. The van der Waals surface area contributed by atoms with E-state index >= 15 is 0 Å². The monoisotopic (exact) mass is 340 g/mol. The lowest BCUT2D eigenvalue weighted by Crippen LogP contribution is -2.44. The zero-order valence-electron chi connectivity index (χ0n) is 11.3. The molecular formula is C14H17Cl2F3N2. The van der Waals surface area contributed by atoms with Crippen LogP contribution in [0.2, 0.25) is 5.02 Å². The van der Waals surface area contributed by atoms with Gasteiger partial charge in [0.15, 0.2) is 0 Å². The second-order valence-electron chi connectivity index (χ2n) is 4.67. The van der Waals surface area contributed by atoms with E-state index in [9.17, 15) is 13.2 Å². The van der Waals surface area contributed by atoms with Crippen molar-refractivity contribution in [2.75, 3.05) is 26.2 Å². The maximum absolute atomic E-state index is 12.9. The highest BCUT2D eigenvalue weighted by molar-refractivity contribution is 6.32. The number of hydrogen-bond donors (Lipinski definition) is 1. The summed E-state index contributed by atoms with van der Waals surface area (Å²) in [6, 6.07) is 3.73. The molecule has 1 aromatic carbocycles. The first kappa shape index (κ1) is 18.3. The fourth-order valence-corrected chi connectivity index (χ4v) is 2.78. The van der Waals surface area contributed by atoms with Crippen LogP contribution in [-0.4, -0.2) is 31.1 Å². The van der Waals surface area contributed by atoms with E-state index in [2.05, 4.69) is 16.8 Å². The van der Waals surface area contributed by atoms with E-state index in [1.54, 1.807) is 12.1 Å². The molecule has 1 aliphatic heterocycles. The second-order valence-corrected chi connectivity index (χ2v) is 5.05. The Bertz CT molecular complexity index is 486. The van der Waals surface area contributed by atoms with Crippen LogP contribution >= 0.6 is 24.0 Å². The molecule has 1 fully saturated rings. The van der Waals surface area contributed by atoms with Crippen LogP contribution in [0.25, 0.3) is 0 Å². The van der Waals surface area contributed by atoms with E-state index in [1.165, 1.54) is 6.07 Å². The molecule has 1 aliphatic rings. The van der Waals surface area contributed by atoms with E-state index in [-0.39, 0.29) is 23.5 Å². The fraction of sp³-hybridized carbons (Fsp3) is 0.429. The summed E-state index contributed by atoms with van der Waals surface area (Å²) < 4.78 is 38.7. The van der Waals surface area contributed by atoms with Crippen LogP contribution in [0.3, 0.4) is 0 Å². The molecular weight excluding hydrogens is 324 g/mol. The molecule has 21 heavy (non-hydrogen) atoms. The van der Waals surface area contributed by atoms with Crippen molar-refractivity contribution in [3.05, 3.63) is 47.0 Å². The highest BCUT2D eigenvalue weighted by Crippen LogP contribution is 2.39. The normalized spacial score (nSPS) is 17.9. The van der Waals surface area contributed by atoms with Gasteiger partial charge in [-0.2, -0.15) is 13.2 Å². The molecule has 1 N–H and O–H groups in total. The van der Waals surface area contributed by atoms with Gasteiger partial charge in [-0.25, -0.2) is 0 Å². The Morgan fingerprint density at radius 2 is 1.90 bits per heavy atom. The molecule has 0 aliphatic carbocycles. The van der Waals surface area contributed by atoms with Crippen LogP contribution in [0.1, 0.15) is 17.2 Å². The maximum atomic E-state index is 12.9. The Morgan fingerprint density at radius 1 is 1.29 bits per heavy atom. The summed E-state index contributed by atoms with van der Waals surface area (Å²) in [5.41, 5.74) is -0.336. The van der Waals surface area contributed by atoms with Crippen LogP contribution in [0.4, 0.5) is 13.2 Å². The van der Waals surface area contributed by atoms with Gasteiger partial charge in [-0.15, -0.1) is 19.0 Å². The number of rotatable bonds is 3. The average Bonchev–Trinajstić information content (AvgIpc) is 2.41. The summed E-state index contributed by atoms with van der Waals surface area (Å²) in [5, 5.41) is 2.97. The molecule has 0 unspecified atom stereocenters. The van der Waals surface area contributed by atoms with Gasteiger partial charge in [0.2, 0.25) is 0 Å². The average molecular weight is 341 g/mol. The molecule has 7 heteroatoms. The molecule has 1 aromatic rings. The molecule has 0 amide bonds. The third-order valence-corrected chi connectivity index (χ3v) is 3.84. The lowest BCUT2D eigenvalue weighted by molar-refractivity contribution is -0.137. The maximum Gasteiger partial charge on any atom is 0.417 e. The summed E-state index contributed by atoms with van der Waals surface area (Å²) in [4.78, 5) is 2.07. The zero-order valence-corrected chi connectivity index (χ0v) is 12.9. The second kappa shape index (κ2) is 7.49. The van der Waals surface area contributed by atoms with Gasteiger partial charge >= 0.3 is 6.18 Å². The SMILES string of the molecule is C=C[C@H](c1cccc(C(F)(F)F)c1Cl)N1CCNCC1.Cl. The molecule has 118 valence electrons. The van der Waals surface area contributed by atoms with Gasteiger partial charge in [-0.05, 0) is 11.6 Å². The number of nitrogens with zero attached hydrogens (tertiary/aromatic N) is 1. The van der Waals surface area contributed by atoms with Crippen molar-refractivity contribution in [3.63, 3.8) is 0 Å². The molecule has 0 aromatic heterocycles. The van der Waals surface area contributed by atoms with Gasteiger partial charge in [0.1, 0.15) is 0 Å². The van der Waals surface area contributed by atoms with Crippen LogP contribution in [0, 0.1) is 0 Å². The van der Waals surface area contributed by atoms with E-state index < -0.39 is 11.7 Å². The first-order chi connectivity index (χ1) is 9.45. The highest BCUT2D eigenvalue weighted by Gasteiger charge is 2.35. The minimum Gasteiger partial charge on any atom is -0.314 e. The van der Waals surface area contributed by atoms with E-state index in [0.29, 0.717) is 5.56 Å². The smallest absolute Gasteiger partial charge is 0.314 e. The van der Waals surface area contributed by atoms with Crippen molar-refractivity contribution in [2.24, 2.45) is 0 Å². The Balaban J connectivity index is 0.00000220. The molecule has 0 bridgehead atoms. The Labute approximate surface area is 133 Å². The van der Waals surface area contributed by atoms with E-state index in [0.717, 1.165) is 32.2 Å². The van der Waals surface area contributed by atoms with Crippen molar-refractivity contribution in [3.8, 4) is 0 Å². The van der Waals surface area contributed by atoms with Crippen molar-refractivity contribution >= 4 is 24.0 Å². The Kier molecular flexibility index (Phi) is 6.53. The topological polar surface area (TPSA) is 15.3 Å². The standard InChI is InChI=1S/C14H16ClF3N2.ClH/c1-2-12(20-8-6-19-7-9-20)10-4-3-5-11(13(10)15)14(16,17)18;/h2-5,12,19H,1,6-9H2;1H/t12-;/m1./s1.